The molecule has 0 amide bonds. The average Bonchev–Trinajstić information content (AvgIpc) is 2.29. The SMILES string of the molecule is Nc1ncnn2nc(I)c(F)c12. The Bertz CT molecular complexity index is 439. The summed E-state index contributed by atoms with van der Waals surface area (Å²) in [6, 6.07) is 0. The number of hydrogen-bond donors (Lipinski definition) is 1. The van der Waals surface area contributed by atoms with Gasteiger partial charge in [-0.25, -0.2) is 9.37 Å². The number of anilines is 1. The van der Waals surface area contributed by atoms with Crippen LogP contribution < -0.4 is 5.73 Å². The van der Waals surface area contributed by atoms with Gasteiger partial charge in [-0.15, -0.1) is 14.8 Å². The van der Waals surface area contributed by atoms with E-state index in [-0.39, 0.29) is 15.0 Å². The summed E-state index contributed by atoms with van der Waals surface area (Å²) in [5.74, 6) is -0.383. The summed E-state index contributed by atoms with van der Waals surface area (Å²) in [5.41, 5.74) is 5.54. The standard InChI is InChI=1S/C5H3FIN5/c6-2-3-5(8)9-1-10-12(3)11-4(2)7/h1H,(H2,8,9,10). The van der Waals surface area contributed by atoms with Gasteiger partial charge in [-0.3, -0.25) is 0 Å². The average molecular weight is 279 g/mol. The fourth-order valence-corrected chi connectivity index (χ4v) is 1.32. The van der Waals surface area contributed by atoms with Gasteiger partial charge in [-0.2, -0.15) is 0 Å². The van der Waals surface area contributed by atoms with Gasteiger partial charge in [0, 0.05) is 0 Å². The van der Waals surface area contributed by atoms with Crippen LogP contribution >= 0.6 is 22.6 Å². The summed E-state index contributed by atoms with van der Waals surface area (Å²) < 4.78 is 14.5. The van der Waals surface area contributed by atoms with E-state index in [1.807, 2.05) is 0 Å². The molecule has 0 saturated heterocycles. The van der Waals surface area contributed by atoms with Crippen molar-refractivity contribution >= 4 is 33.9 Å². The van der Waals surface area contributed by atoms with Crippen molar-refractivity contribution in [3.8, 4) is 0 Å². The van der Waals surface area contributed by atoms with Crippen LogP contribution in [0, 0.1) is 9.52 Å². The van der Waals surface area contributed by atoms with Crippen LogP contribution in [0.15, 0.2) is 6.33 Å². The number of fused-ring (bicyclic) bond motifs is 1. The molecule has 12 heavy (non-hydrogen) atoms. The first-order valence-corrected chi connectivity index (χ1v) is 4.08. The Morgan fingerprint density at radius 3 is 3.00 bits per heavy atom. The summed E-state index contributed by atoms with van der Waals surface area (Å²) in [6.07, 6.45) is 1.23. The van der Waals surface area contributed by atoms with Crippen LogP contribution in [-0.4, -0.2) is 19.8 Å². The monoisotopic (exact) mass is 279 g/mol. The summed E-state index contributed by atoms with van der Waals surface area (Å²) >= 11 is 1.76. The Hall–Kier alpha value is -0.990. The van der Waals surface area contributed by atoms with Crippen molar-refractivity contribution in [3.63, 3.8) is 0 Å². The molecular weight excluding hydrogens is 276 g/mol. The van der Waals surface area contributed by atoms with Gasteiger partial charge < -0.3 is 5.73 Å². The molecule has 0 aliphatic carbocycles. The summed E-state index contributed by atoms with van der Waals surface area (Å²) in [6.45, 7) is 0. The molecule has 0 aliphatic heterocycles. The molecule has 2 rings (SSSR count). The van der Waals surface area contributed by atoms with Crippen LogP contribution in [0.1, 0.15) is 0 Å². The van der Waals surface area contributed by atoms with Crippen molar-refractivity contribution in [2.24, 2.45) is 0 Å². The van der Waals surface area contributed by atoms with E-state index in [2.05, 4.69) is 15.2 Å². The van der Waals surface area contributed by atoms with Crippen LogP contribution in [0.5, 0.6) is 0 Å². The van der Waals surface area contributed by atoms with Gasteiger partial charge in [-0.1, -0.05) is 0 Å². The molecule has 5 nitrogen and oxygen atoms in total. The summed E-state index contributed by atoms with van der Waals surface area (Å²) in [5, 5.41) is 7.46. The third kappa shape index (κ3) is 0.924. The number of nitrogens with two attached hydrogens (primary N) is 1. The minimum absolute atomic E-state index is 0.0953. The van der Waals surface area contributed by atoms with Gasteiger partial charge in [-0.05, 0) is 22.6 Å². The molecule has 2 aromatic rings. The molecule has 0 aromatic carbocycles. The van der Waals surface area contributed by atoms with Crippen molar-refractivity contribution in [2.75, 3.05) is 5.73 Å². The lowest BCUT2D eigenvalue weighted by molar-refractivity contribution is 0.631. The minimum Gasteiger partial charge on any atom is -0.382 e. The van der Waals surface area contributed by atoms with E-state index in [4.69, 9.17) is 5.73 Å². The molecule has 0 fully saturated rings. The third-order valence-corrected chi connectivity index (χ3v) is 2.06. The number of hydrogen-bond acceptors (Lipinski definition) is 4. The predicted molar refractivity (Wildman–Crippen MR) is 47.9 cm³/mol. The van der Waals surface area contributed by atoms with Crippen molar-refractivity contribution in [2.45, 2.75) is 0 Å². The van der Waals surface area contributed by atoms with E-state index >= 15 is 0 Å². The number of rotatable bonds is 0. The first-order chi connectivity index (χ1) is 5.70. The smallest absolute Gasteiger partial charge is 0.188 e. The van der Waals surface area contributed by atoms with Crippen LogP contribution in [0.2, 0.25) is 0 Å². The van der Waals surface area contributed by atoms with Crippen molar-refractivity contribution < 1.29 is 4.39 Å². The predicted octanol–water partition coefficient (Wildman–Crippen LogP) is 0.450. The van der Waals surface area contributed by atoms with Crippen LogP contribution in [-0.2, 0) is 0 Å². The van der Waals surface area contributed by atoms with E-state index in [1.54, 1.807) is 22.6 Å². The van der Waals surface area contributed by atoms with Crippen molar-refractivity contribution in [1.29, 1.82) is 0 Å². The molecule has 0 atom stereocenters. The van der Waals surface area contributed by atoms with Crippen LogP contribution in [0.25, 0.3) is 5.52 Å². The normalized spacial score (nSPS) is 10.8. The highest BCUT2D eigenvalue weighted by Crippen LogP contribution is 2.17. The molecular formula is C5H3FIN5. The number of aromatic nitrogens is 4. The maximum absolute atomic E-state index is 13.2. The van der Waals surface area contributed by atoms with Gasteiger partial charge in [0.1, 0.15) is 6.33 Å². The fourth-order valence-electron chi connectivity index (χ4n) is 0.859. The van der Waals surface area contributed by atoms with Crippen LogP contribution in [0.3, 0.4) is 0 Å². The lowest BCUT2D eigenvalue weighted by Crippen LogP contribution is -2.00. The van der Waals surface area contributed by atoms with Crippen molar-refractivity contribution in [1.82, 2.24) is 19.8 Å². The van der Waals surface area contributed by atoms with Gasteiger partial charge in [0.05, 0.1) is 0 Å². The van der Waals surface area contributed by atoms with Crippen LogP contribution in [0.4, 0.5) is 10.2 Å². The molecule has 0 aliphatic rings. The molecule has 2 heterocycles. The summed E-state index contributed by atoms with van der Waals surface area (Å²) in [4.78, 5) is 3.64. The van der Waals surface area contributed by atoms with Crippen molar-refractivity contribution in [3.05, 3.63) is 15.8 Å². The summed E-state index contributed by atoms with van der Waals surface area (Å²) in [7, 11) is 0. The quantitative estimate of drug-likeness (QED) is 0.711. The lowest BCUT2D eigenvalue weighted by Gasteiger charge is -1.92. The zero-order chi connectivity index (χ0) is 8.72. The van der Waals surface area contributed by atoms with Gasteiger partial charge in [0.25, 0.3) is 0 Å². The Balaban J connectivity index is 2.97. The molecule has 62 valence electrons. The zero-order valence-corrected chi connectivity index (χ0v) is 7.86. The van der Waals surface area contributed by atoms with E-state index in [0.717, 1.165) is 4.63 Å². The Morgan fingerprint density at radius 1 is 1.58 bits per heavy atom. The maximum atomic E-state index is 13.2. The molecule has 0 spiro atoms. The third-order valence-electron chi connectivity index (χ3n) is 1.37. The molecule has 7 heteroatoms. The number of halogens is 2. The molecule has 0 bridgehead atoms. The highest BCUT2D eigenvalue weighted by molar-refractivity contribution is 14.1. The van der Waals surface area contributed by atoms with Gasteiger partial charge >= 0.3 is 0 Å². The molecule has 0 unspecified atom stereocenters. The van der Waals surface area contributed by atoms with E-state index < -0.39 is 5.82 Å². The van der Waals surface area contributed by atoms with E-state index in [9.17, 15) is 4.39 Å². The molecule has 0 saturated carbocycles. The first-order valence-electron chi connectivity index (χ1n) is 3.00. The molecule has 2 aromatic heterocycles. The fraction of sp³-hybridized carbons (Fsp3) is 0. The molecule has 2 N–H and O–H groups in total. The Kier molecular flexibility index (Phi) is 1.60. The second kappa shape index (κ2) is 2.51. The number of nitrogens with zero attached hydrogens (tertiary/aromatic N) is 4. The molecule has 0 radical (unpaired) electrons. The maximum Gasteiger partial charge on any atom is 0.188 e. The highest BCUT2D eigenvalue weighted by Gasteiger charge is 2.13. The van der Waals surface area contributed by atoms with Gasteiger partial charge in [0.2, 0.25) is 0 Å². The second-order valence-electron chi connectivity index (χ2n) is 2.09. The Morgan fingerprint density at radius 2 is 2.33 bits per heavy atom. The van der Waals surface area contributed by atoms with E-state index in [0.29, 0.717) is 0 Å². The zero-order valence-electron chi connectivity index (χ0n) is 5.70. The van der Waals surface area contributed by atoms with E-state index in [1.165, 1.54) is 6.33 Å². The first kappa shape index (κ1) is 7.65. The highest BCUT2D eigenvalue weighted by atomic mass is 127. The Labute approximate surface area is 79.9 Å². The minimum atomic E-state index is -0.478. The van der Waals surface area contributed by atoms with Gasteiger partial charge in [0.15, 0.2) is 20.9 Å². The second-order valence-corrected chi connectivity index (χ2v) is 3.11. The topological polar surface area (TPSA) is 69.1 Å². The lowest BCUT2D eigenvalue weighted by atomic mass is 10.5. The largest absolute Gasteiger partial charge is 0.382 e. The number of nitrogen functional groups attached to an aromatic ring is 1.